The van der Waals surface area contributed by atoms with E-state index in [0.29, 0.717) is 31.4 Å². The quantitative estimate of drug-likeness (QED) is 0.276. The minimum Gasteiger partial charge on any atom is -0.356 e. The number of guanidine groups is 1. The predicted molar refractivity (Wildman–Crippen MR) is 114 cm³/mol. The number of nitrogens with one attached hydrogen (secondary N) is 3. The van der Waals surface area contributed by atoms with Crippen molar-refractivity contribution in [1.82, 2.24) is 15.4 Å². The van der Waals surface area contributed by atoms with Crippen molar-refractivity contribution in [3.05, 3.63) is 35.6 Å². The topological polar surface area (TPSA) is 82.6 Å². The second kappa shape index (κ2) is 11.7. The molecule has 26 heavy (non-hydrogen) atoms. The fraction of sp³-hybridized carbons (Fsp3) is 0.588. The van der Waals surface area contributed by atoms with Crippen molar-refractivity contribution in [3.63, 3.8) is 0 Å². The van der Waals surface area contributed by atoms with E-state index < -0.39 is 10.0 Å². The molecule has 0 saturated heterocycles. The molecule has 0 aliphatic heterocycles. The first-order valence-corrected chi connectivity index (χ1v) is 10.3. The molecule has 9 heteroatoms. The van der Waals surface area contributed by atoms with Gasteiger partial charge in [0.15, 0.2) is 5.96 Å². The monoisotopic (exact) mass is 498 g/mol. The molecule has 0 radical (unpaired) electrons. The highest BCUT2D eigenvalue weighted by molar-refractivity contribution is 14.0. The van der Waals surface area contributed by atoms with Gasteiger partial charge in [0.1, 0.15) is 5.82 Å². The van der Waals surface area contributed by atoms with Crippen LogP contribution < -0.4 is 15.4 Å². The second-order valence-corrected chi connectivity index (χ2v) is 8.20. The molecule has 1 aromatic rings. The summed E-state index contributed by atoms with van der Waals surface area (Å²) in [7, 11) is -1.64. The molecular weight excluding hydrogens is 470 g/mol. The lowest BCUT2D eigenvalue weighted by molar-refractivity contribution is 0.316. The Labute approximate surface area is 172 Å². The molecule has 1 aliphatic carbocycles. The van der Waals surface area contributed by atoms with Crippen molar-refractivity contribution in [1.29, 1.82) is 0 Å². The van der Waals surface area contributed by atoms with Crippen LogP contribution in [-0.2, 0) is 16.4 Å². The van der Waals surface area contributed by atoms with Crippen molar-refractivity contribution < 1.29 is 12.8 Å². The Morgan fingerprint density at radius 1 is 1.27 bits per heavy atom. The molecule has 1 saturated carbocycles. The van der Waals surface area contributed by atoms with Gasteiger partial charge in [-0.2, -0.15) is 0 Å². The summed E-state index contributed by atoms with van der Waals surface area (Å²) in [5, 5.41) is 6.08. The summed E-state index contributed by atoms with van der Waals surface area (Å²) in [6, 6.07) is 6.45. The number of nitrogens with zero attached hydrogens (tertiary/aromatic N) is 1. The van der Waals surface area contributed by atoms with Crippen molar-refractivity contribution in [2.75, 3.05) is 32.4 Å². The first kappa shape index (κ1) is 23.1. The van der Waals surface area contributed by atoms with Crippen LogP contribution in [0.5, 0.6) is 0 Å². The molecule has 1 aromatic carbocycles. The Morgan fingerprint density at radius 3 is 2.62 bits per heavy atom. The van der Waals surface area contributed by atoms with E-state index in [4.69, 9.17) is 0 Å². The average Bonchev–Trinajstić information content (AvgIpc) is 2.51. The van der Waals surface area contributed by atoms with Gasteiger partial charge in [0.25, 0.3) is 0 Å². The molecule has 1 aliphatic rings. The van der Waals surface area contributed by atoms with E-state index in [0.717, 1.165) is 18.4 Å². The van der Waals surface area contributed by atoms with E-state index in [2.05, 4.69) is 20.3 Å². The molecule has 6 nitrogen and oxygen atoms in total. The van der Waals surface area contributed by atoms with Crippen LogP contribution >= 0.6 is 24.0 Å². The van der Waals surface area contributed by atoms with Crippen LogP contribution in [-0.4, -0.2) is 46.8 Å². The van der Waals surface area contributed by atoms with Gasteiger partial charge in [0.2, 0.25) is 10.0 Å². The Hall–Kier alpha value is -0.940. The third-order valence-corrected chi connectivity index (χ3v) is 5.65. The summed E-state index contributed by atoms with van der Waals surface area (Å²) >= 11 is 0. The molecule has 0 aromatic heterocycles. The standard InChI is InChI=1S/C17H27FN4O2S.HI/c1-19-17(20-9-8-14-4-3-7-16(18)12-14)21-10-11-25(23,24)22-13-15-5-2-6-15;/h3-4,7,12,15,22H,2,5-6,8-11,13H2,1H3,(H2,19,20,21);1H. The summed E-state index contributed by atoms with van der Waals surface area (Å²) < 4.78 is 39.6. The molecule has 0 atom stereocenters. The van der Waals surface area contributed by atoms with E-state index in [1.165, 1.54) is 18.6 Å². The normalized spacial score (nSPS) is 15.1. The number of rotatable bonds is 9. The molecule has 148 valence electrons. The highest BCUT2D eigenvalue weighted by Crippen LogP contribution is 2.25. The highest BCUT2D eigenvalue weighted by atomic mass is 127. The van der Waals surface area contributed by atoms with Crippen molar-refractivity contribution in [2.24, 2.45) is 10.9 Å². The molecule has 3 N–H and O–H groups in total. The van der Waals surface area contributed by atoms with Crippen LogP contribution in [0.4, 0.5) is 4.39 Å². The third kappa shape index (κ3) is 8.63. The second-order valence-electron chi connectivity index (χ2n) is 6.27. The van der Waals surface area contributed by atoms with Gasteiger partial charge in [-0.3, -0.25) is 4.99 Å². The van der Waals surface area contributed by atoms with E-state index in [1.54, 1.807) is 13.1 Å². The molecule has 0 bridgehead atoms. The Bertz CT molecular complexity index is 681. The number of hydrogen-bond donors (Lipinski definition) is 3. The van der Waals surface area contributed by atoms with Crippen molar-refractivity contribution in [3.8, 4) is 0 Å². The highest BCUT2D eigenvalue weighted by Gasteiger charge is 2.19. The Kier molecular flexibility index (Phi) is 10.4. The maximum atomic E-state index is 13.1. The Balaban J connectivity index is 0.00000338. The molecule has 0 amide bonds. The molecule has 0 spiro atoms. The summed E-state index contributed by atoms with van der Waals surface area (Å²) in [6.07, 6.45) is 4.08. The molecule has 2 rings (SSSR count). The number of hydrogen-bond acceptors (Lipinski definition) is 3. The van der Waals surface area contributed by atoms with Gasteiger partial charge in [0.05, 0.1) is 5.75 Å². The van der Waals surface area contributed by atoms with Crippen molar-refractivity contribution >= 4 is 40.0 Å². The maximum Gasteiger partial charge on any atom is 0.213 e. The summed E-state index contributed by atoms with van der Waals surface area (Å²) in [4.78, 5) is 4.06. The lowest BCUT2D eigenvalue weighted by Crippen LogP contribution is -2.42. The lowest BCUT2D eigenvalue weighted by Gasteiger charge is -2.25. The van der Waals surface area contributed by atoms with Gasteiger partial charge in [-0.1, -0.05) is 18.6 Å². The van der Waals surface area contributed by atoms with Crippen LogP contribution in [0.25, 0.3) is 0 Å². The smallest absolute Gasteiger partial charge is 0.213 e. The van der Waals surface area contributed by atoms with Gasteiger partial charge in [0, 0.05) is 26.7 Å². The average molecular weight is 498 g/mol. The van der Waals surface area contributed by atoms with Crippen LogP contribution in [0.1, 0.15) is 24.8 Å². The first-order valence-electron chi connectivity index (χ1n) is 8.65. The number of sulfonamides is 1. The van der Waals surface area contributed by atoms with Gasteiger partial charge in [-0.15, -0.1) is 24.0 Å². The van der Waals surface area contributed by atoms with Gasteiger partial charge >= 0.3 is 0 Å². The van der Waals surface area contributed by atoms with Gasteiger partial charge < -0.3 is 10.6 Å². The van der Waals surface area contributed by atoms with Crippen molar-refractivity contribution in [2.45, 2.75) is 25.7 Å². The van der Waals surface area contributed by atoms with E-state index in [9.17, 15) is 12.8 Å². The molecule has 0 unspecified atom stereocenters. The number of aliphatic imine (C=N–C) groups is 1. The zero-order valence-corrected chi connectivity index (χ0v) is 18.1. The fourth-order valence-corrected chi connectivity index (χ4v) is 3.56. The van der Waals surface area contributed by atoms with Crippen LogP contribution in [0, 0.1) is 11.7 Å². The summed E-state index contributed by atoms with van der Waals surface area (Å²) in [5.74, 6) is 0.787. The Morgan fingerprint density at radius 2 is 2.00 bits per heavy atom. The van der Waals surface area contributed by atoms with Gasteiger partial charge in [-0.05, 0) is 42.9 Å². The maximum absolute atomic E-state index is 13.1. The molecule has 1 fully saturated rings. The zero-order chi connectivity index (χ0) is 18.1. The summed E-state index contributed by atoms with van der Waals surface area (Å²) in [5.41, 5.74) is 0.894. The van der Waals surface area contributed by atoms with E-state index >= 15 is 0 Å². The predicted octanol–water partition coefficient (Wildman–Crippen LogP) is 1.87. The molecule has 0 heterocycles. The van der Waals surface area contributed by atoms with E-state index in [1.807, 2.05) is 6.07 Å². The fourth-order valence-electron chi connectivity index (χ4n) is 2.56. The van der Waals surface area contributed by atoms with E-state index in [-0.39, 0.29) is 42.1 Å². The van der Waals surface area contributed by atoms with Crippen LogP contribution in [0.2, 0.25) is 0 Å². The molecular formula is C17H28FIN4O2S. The third-order valence-electron chi connectivity index (χ3n) is 4.30. The largest absolute Gasteiger partial charge is 0.356 e. The first-order chi connectivity index (χ1) is 12.0. The SMILES string of the molecule is CN=C(NCCc1cccc(F)c1)NCCS(=O)(=O)NCC1CCC1.I. The zero-order valence-electron chi connectivity index (χ0n) is 15.0. The number of halogens is 2. The lowest BCUT2D eigenvalue weighted by atomic mass is 9.86. The number of benzene rings is 1. The van der Waals surface area contributed by atoms with Crippen LogP contribution in [0.15, 0.2) is 29.3 Å². The van der Waals surface area contributed by atoms with Gasteiger partial charge in [-0.25, -0.2) is 17.5 Å². The minimum atomic E-state index is -3.26. The van der Waals surface area contributed by atoms with Crippen LogP contribution in [0.3, 0.4) is 0 Å². The summed E-state index contributed by atoms with van der Waals surface area (Å²) in [6.45, 7) is 1.40. The minimum absolute atomic E-state index is 0.